The third-order valence-electron chi connectivity index (χ3n) is 2.92. The molecule has 0 saturated heterocycles. The number of sulfonamides is 1. The first-order chi connectivity index (χ1) is 11.4. The van der Waals surface area contributed by atoms with Crippen molar-refractivity contribution in [3.8, 4) is 0 Å². The monoisotopic (exact) mass is 364 g/mol. The molecule has 1 amide bonds. The molecule has 3 aromatic rings. The van der Waals surface area contributed by atoms with E-state index in [1.807, 2.05) is 0 Å². The van der Waals surface area contributed by atoms with E-state index in [-0.39, 0.29) is 21.9 Å². The standard InChI is InChI=1S/C13H12N6O3S2/c1-8(20)17-12-18-19-13(23-12)24(21,22)16-7-9-2-3-10-11(6-9)15-5-4-14-10/h2-6,16H,7H2,1H3,(H,17,18,20). The van der Waals surface area contributed by atoms with Crippen molar-refractivity contribution >= 4 is 43.4 Å². The molecule has 2 N–H and O–H groups in total. The number of amides is 1. The van der Waals surface area contributed by atoms with Gasteiger partial charge in [0, 0.05) is 25.9 Å². The molecule has 24 heavy (non-hydrogen) atoms. The molecule has 1 aromatic carbocycles. The number of aromatic nitrogens is 4. The predicted molar refractivity (Wildman–Crippen MR) is 87.8 cm³/mol. The number of hydrogen-bond donors (Lipinski definition) is 2. The lowest BCUT2D eigenvalue weighted by molar-refractivity contribution is -0.114. The van der Waals surface area contributed by atoms with E-state index < -0.39 is 10.0 Å². The Hall–Kier alpha value is -2.50. The molecule has 124 valence electrons. The summed E-state index contributed by atoms with van der Waals surface area (Å²) in [5.41, 5.74) is 2.14. The molecule has 0 spiro atoms. The van der Waals surface area contributed by atoms with E-state index >= 15 is 0 Å². The van der Waals surface area contributed by atoms with Gasteiger partial charge in [0.2, 0.25) is 15.4 Å². The van der Waals surface area contributed by atoms with Gasteiger partial charge in [0.25, 0.3) is 10.0 Å². The topological polar surface area (TPSA) is 127 Å². The molecule has 0 radical (unpaired) electrons. The molecule has 11 heteroatoms. The molecule has 0 unspecified atom stereocenters. The Morgan fingerprint density at radius 3 is 2.67 bits per heavy atom. The highest BCUT2D eigenvalue weighted by Gasteiger charge is 2.20. The summed E-state index contributed by atoms with van der Waals surface area (Å²) in [4.78, 5) is 19.3. The number of carbonyl (C=O) groups is 1. The van der Waals surface area contributed by atoms with Crippen molar-refractivity contribution in [1.82, 2.24) is 24.9 Å². The molecule has 0 atom stereocenters. The van der Waals surface area contributed by atoms with Crippen molar-refractivity contribution in [2.45, 2.75) is 17.8 Å². The van der Waals surface area contributed by atoms with E-state index in [4.69, 9.17) is 0 Å². The van der Waals surface area contributed by atoms with Crippen molar-refractivity contribution in [3.05, 3.63) is 36.2 Å². The Morgan fingerprint density at radius 2 is 1.92 bits per heavy atom. The Bertz CT molecular complexity index is 1000. The van der Waals surface area contributed by atoms with Gasteiger partial charge in [0.15, 0.2) is 0 Å². The first-order valence-corrected chi connectivity index (χ1v) is 9.04. The molecule has 0 bridgehead atoms. The van der Waals surface area contributed by atoms with Crippen molar-refractivity contribution in [2.24, 2.45) is 0 Å². The molecule has 2 aromatic heterocycles. The Kier molecular flexibility index (Phi) is 4.46. The van der Waals surface area contributed by atoms with Crippen LogP contribution in [0.25, 0.3) is 11.0 Å². The zero-order chi connectivity index (χ0) is 17.2. The molecule has 0 aliphatic heterocycles. The normalized spacial score (nSPS) is 11.5. The third kappa shape index (κ3) is 3.69. The van der Waals surface area contributed by atoms with E-state index in [1.165, 1.54) is 6.92 Å². The van der Waals surface area contributed by atoms with Gasteiger partial charge in [-0.1, -0.05) is 17.4 Å². The molecule has 3 rings (SSSR count). The summed E-state index contributed by atoms with van der Waals surface area (Å²) in [6.45, 7) is 1.38. The number of anilines is 1. The van der Waals surface area contributed by atoms with Crippen LogP contribution in [0.1, 0.15) is 12.5 Å². The lowest BCUT2D eigenvalue weighted by Gasteiger charge is -2.04. The van der Waals surface area contributed by atoms with Crippen LogP contribution in [0.2, 0.25) is 0 Å². The second kappa shape index (κ2) is 6.55. The van der Waals surface area contributed by atoms with E-state index in [0.717, 1.165) is 22.4 Å². The molecule has 0 aliphatic carbocycles. The molecular formula is C13H12N6O3S2. The number of carbonyl (C=O) groups excluding carboxylic acids is 1. The summed E-state index contributed by atoms with van der Waals surface area (Å²) in [5.74, 6) is -0.347. The van der Waals surface area contributed by atoms with Crippen LogP contribution in [0.5, 0.6) is 0 Å². The molecule has 0 fully saturated rings. The minimum Gasteiger partial charge on any atom is -0.301 e. The maximum atomic E-state index is 12.2. The lowest BCUT2D eigenvalue weighted by atomic mass is 10.2. The summed E-state index contributed by atoms with van der Waals surface area (Å²) >= 11 is 0.779. The Morgan fingerprint density at radius 1 is 1.17 bits per heavy atom. The zero-order valence-electron chi connectivity index (χ0n) is 12.4. The fourth-order valence-electron chi connectivity index (χ4n) is 1.88. The van der Waals surface area contributed by atoms with Crippen LogP contribution >= 0.6 is 11.3 Å². The van der Waals surface area contributed by atoms with Crippen LogP contribution in [0.4, 0.5) is 5.13 Å². The highest BCUT2D eigenvalue weighted by Crippen LogP contribution is 2.20. The van der Waals surface area contributed by atoms with Gasteiger partial charge >= 0.3 is 0 Å². The number of rotatable bonds is 5. The van der Waals surface area contributed by atoms with Gasteiger partial charge in [-0.3, -0.25) is 14.8 Å². The maximum absolute atomic E-state index is 12.2. The summed E-state index contributed by atoms with van der Waals surface area (Å²) in [5, 5.41) is 9.72. The number of benzene rings is 1. The Balaban J connectivity index is 1.74. The van der Waals surface area contributed by atoms with E-state index in [0.29, 0.717) is 5.52 Å². The van der Waals surface area contributed by atoms with Gasteiger partial charge in [0.05, 0.1) is 11.0 Å². The molecule has 0 aliphatic rings. The van der Waals surface area contributed by atoms with Crippen LogP contribution in [-0.2, 0) is 21.4 Å². The van der Waals surface area contributed by atoms with Gasteiger partial charge in [0.1, 0.15) is 0 Å². The van der Waals surface area contributed by atoms with Crippen molar-refractivity contribution in [1.29, 1.82) is 0 Å². The highest BCUT2D eigenvalue weighted by atomic mass is 32.2. The SMILES string of the molecule is CC(=O)Nc1nnc(S(=O)(=O)NCc2ccc3nccnc3c2)s1. The number of nitrogens with one attached hydrogen (secondary N) is 2. The first kappa shape index (κ1) is 16.4. The first-order valence-electron chi connectivity index (χ1n) is 6.74. The minimum absolute atomic E-state index is 0.0733. The highest BCUT2D eigenvalue weighted by molar-refractivity contribution is 7.91. The van der Waals surface area contributed by atoms with E-state index in [2.05, 4.69) is 30.2 Å². The number of nitrogens with zero attached hydrogens (tertiary/aromatic N) is 4. The molecule has 0 saturated carbocycles. The van der Waals surface area contributed by atoms with Crippen LogP contribution in [0.15, 0.2) is 34.9 Å². The second-order valence-corrected chi connectivity index (χ2v) is 7.68. The van der Waals surface area contributed by atoms with Crippen LogP contribution in [0, 0.1) is 0 Å². The number of fused-ring (bicyclic) bond motifs is 1. The van der Waals surface area contributed by atoms with Gasteiger partial charge < -0.3 is 5.32 Å². The summed E-state index contributed by atoms with van der Waals surface area (Å²) in [6, 6.07) is 5.29. The quantitative estimate of drug-likeness (QED) is 0.644. The fraction of sp³-hybridized carbons (Fsp3) is 0.154. The molecule has 2 heterocycles. The summed E-state index contributed by atoms with van der Waals surface area (Å²) in [6.07, 6.45) is 3.16. The van der Waals surface area contributed by atoms with Crippen LogP contribution in [0.3, 0.4) is 0 Å². The fourth-order valence-corrected chi connectivity index (χ4v) is 3.88. The third-order valence-corrected chi connectivity index (χ3v) is 5.53. The van der Waals surface area contributed by atoms with Crippen LogP contribution < -0.4 is 10.0 Å². The second-order valence-electron chi connectivity index (χ2n) is 4.76. The van der Waals surface area contributed by atoms with Gasteiger partial charge in [-0.2, -0.15) is 0 Å². The van der Waals surface area contributed by atoms with Crippen molar-refractivity contribution in [3.63, 3.8) is 0 Å². The van der Waals surface area contributed by atoms with Gasteiger partial charge in [-0.15, -0.1) is 10.2 Å². The van der Waals surface area contributed by atoms with E-state index in [1.54, 1.807) is 30.6 Å². The van der Waals surface area contributed by atoms with Gasteiger partial charge in [-0.05, 0) is 17.7 Å². The van der Waals surface area contributed by atoms with Crippen LogP contribution in [-0.4, -0.2) is 34.5 Å². The maximum Gasteiger partial charge on any atom is 0.270 e. The van der Waals surface area contributed by atoms with Gasteiger partial charge in [-0.25, -0.2) is 13.1 Å². The number of hydrogen-bond acceptors (Lipinski definition) is 8. The predicted octanol–water partition coefficient (Wildman–Crippen LogP) is 0.918. The van der Waals surface area contributed by atoms with E-state index in [9.17, 15) is 13.2 Å². The molecule has 9 nitrogen and oxygen atoms in total. The zero-order valence-corrected chi connectivity index (χ0v) is 14.1. The Labute approximate surface area is 141 Å². The summed E-state index contributed by atoms with van der Waals surface area (Å²) in [7, 11) is -3.82. The minimum atomic E-state index is -3.82. The average molecular weight is 364 g/mol. The van der Waals surface area contributed by atoms with Crippen molar-refractivity contribution in [2.75, 3.05) is 5.32 Å². The average Bonchev–Trinajstić information content (AvgIpc) is 3.01. The summed E-state index contributed by atoms with van der Waals surface area (Å²) < 4.78 is 26.7. The lowest BCUT2D eigenvalue weighted by Crippen LogP contribution is -2.23. The molecular weight excluding hydrogens is 352 g/mol. The largest absolute Gasteiger partial charge is 0.301 e. The smallest absolute Gasteiger partial charge is 0.270 e. The van der Waals surface area contributed by atoms with Crippen molar-refractivity contribution < 1.29 is 13.2 Å².